The Labute approximate surface area is 107 Å². The molecule has 0 spiro atoms. The van der Waals surface area contributed by atoms with Crippen molar-refractivity contribution in [1.29, 1.82) is 0 Å². The fourth-order valence-corrected chi connectivity index (χ4v) is 2.32. The molecule has 6 heteroatoms. The van der Waals surface area contributed by atoms with E-state index in [1.165, 1.54) is 0 Å². The monoisotopic (exact) mass is 251 g/mol. The number of aromatic nitrogens is 3. The highest BCUT2D eigenvalue weighted by atomic mass is 16.2. The van der Waals surface area contributed by atoms with Gasteiger partial charge < -0.3 is 10.6 Å². The highest BCUT2D eigenvalue weighted by molar-refractivity contribution is 5.90. The third-order valence-electron chi connectivity index (χ3n) is 3.35. The van der Waals surface area contributed by atoms with Crippen LogP contribution >= 0.6 is 0 Å². The summed E-state index contributed by atoms with van der Waals surface area (Å²) < 4.78 is 0. The number of aromatic amines is 1. The first-order valence-electron chi connectivity index (χ1n) is 6.65. The summed E-state index contributed by atoms with van der Waals surface area (Å²) in [7, 11) is 0. The van der Waals surface area contributed by atoms with Crippen LogP contribution in [0.1, 0.15) is 42.6 Å². The van der Waals surface area contributed by atoms with Gasteiger partial charge in [0, 0.05) is 19.5 Å². The molecule has 1 unspecified atom stereocenters. The van der Waals surface area contributed by atoms with Gasteiger partial charge in [-0.25, -0.2) is 4.98 Å². The van der Waals surface area contributed by atoms with Gasteiger partial charge in [0.15, 0.2) is 0 Å². The summed E-state index contributed by atoms with van der Waals surface area (Å²) in [4.78, 5) is 18.3. The Hall–Kier alpha value is -1.43. The van der Waals surface area contributed by atoms with Crippen LogP contribution in [0, 0.1) is 5.92 Å². The lowest BCUT2D eigenvalue weighted by Gasteiger charge is -2.31. The van der Waals surface area contributed by atoms with Crippen molar-refractivity contribution in [3.05, 3.63) is 11.6 Å². The fraction of sp³-hybridized carbons (Fsp3) is 0.750. The zero-order chi connectivity index (χ0) is 13.0. The number of nitrogens with zero attached hydrogens (tertiary/aromatic N) is 3. The lowest BCUT2D eigenvalue weighted by Crippen LogP contribution is -2.42. The zero-order valence-electron chi connectivity index (χ0n) is 10.9. The molecule has 1 aromatic heterocycles. The molecule has 0 saturated carbocycles. The predicted molar refractivity (Wildman–Crippen MR) is 68.1 cm³/mol. The van der Waals surface area contributed by atoms with Crippen molar-refractivity contribution in [3.8, 4) is 0 Å². The largest absolute Gasteiger partial charge is 0.336 e. The van der Waals surface area contributed by atoms with E-state index in [1.807, 2.05) is 4.90 Å². The van der Waals surface area contributed by atoms with Crippen molar-refractivity contribution in [2.75, 3.05) is 19.6 Å². The Bertz CT molecular complexity index is 403. The number of hydrogen-bond acceptors (Lipinski definition) is 4. The molecule has 1 aliphatic rings. The molecular formula is C12H21N5O. The van der Waals surface area contributed by atoms with E-state index in [2.05, 4.69) is 22.1 Å². The molecule has 1 saturated heterocycles. The first kappa shape index (κ1) is 13.0. The van der Waals surface area contributed by atoms with E-state index in [1.54, 1.807) is 0 Å². The molecule has 18 heavy (non-hydrogen) atoms. The second kappa shape index (κ2) is 5.95. The molecule has 1 atom stereocenters. The summed E-state index contributed by atoms with van der Waals surface area (Å²) in [5.74, 6) is 1.41. The van der Waals surface area contributed by atoms with Gasteiger partial charge in [0.05, 0.1) is 0 Å². The van der Waals surface area contributed by atoms with E-state index < -0.39 is 0 Å². The summed E-state index contributed by atoms with van der Waals surface area (Å²) in [5.41, 5.74) is 5.67. The van der Waals surface area contributed by atoms with Crippen LogP contribution in [0.15, 0.2) is 0 Å². The van der Waals surface area contributed by atoms with E-state index in [4.69, 9.17) is 5.73 Å². The van der Waals surface area contributed by atoms with Crippen LogP contribution in [0.3, 0.4) is 0 Å². The van der Waals surface area contributed by atoms with Gasteiger partial charge in [0.2, 0.25) is 5.82 Å². The lowest BCUT2D eigenvalue weighted by molar-refractivity contribution is 0.0666. The Morgan fingerprint density at radius 1 is 1.61 bits per heavy atom. The summed E-state index contributed by atoms with van der Waals surface area (Å²) in [6.07, 6.45) is 3.93. The summed E-state index contributed by atoms with van der Waals surface area (Å²) in [5, 5.41) is 6.82. The number of likely N-dealkylation sites (tertiary alicyclic amines) is 1. The van der Waals surface area contributed by atoms with Gasteiger partial charge in [-0.15, -0.1) is 5.10 Å². The number of aryl methyl sites for hydroxylation is 1. The van der Waals surface area contributed by atoms with E-state index in [0.29, 0.717) is 12.5 Å². The summed E-state index contributed by atoms with van der Waals surface area (Å²) in [6, 6.07) is 0. The van der Waals surface area contributed by atoms with Crippen molar-refractivity contribution < 1.29 is 4.79 Å². The minimum atomic E-state index is -0.0771. The van der Waals surface area contributed by atoms with Crippen molar-refractivity contribution >= 4 is 5.91 Å². The second-order valence-corrected chi connectivity index (χ2v) is 4.85. The molecule has 1 amide bonds. The first-order chi connectivity index (χ1) is 8.74. The molecule has 2 heterocycles. The van der Waals surface area contributed by atoms with Crippen LogP contribution < -0.4 is 5.73 Å². The van der Waals surface area contributed by atoms with Gasteiger partial charge in [-0.3, -0.25) is 9.89 Å². The maximum atomic E-state index is 12.2. The van der Waals surface area contributed by atoms with Crippen molar-refractivity contribution in [3.63, 3.8) is 0 Å². The zero-order valence-corrected chi connectivity index (χ0v) is 10.9. The van der Waals surface area contributed by atoms with E-state index in [-0.39, 0.29) is 11.7 Å². The van der Waals surface area contributed by atoms with E-state index in [0.717, 1.165) is 44.6 Å². The van der Waals surface area contributed by atoms with E-state index in [9.17, 15) is 4.79 Å². The molecule has 1 fully saturated rings. The lowest BCUT2D eigenvalue weighted by atomic mass is 9.98. The smallest absolute Gasteiger partial charge is 0.293 e. The van der Waals surface area contributed by atoms with Gasteiger partial charge in [-0.2, -0.15) is 0 Å². The standard InChI is InChI=1S/C12H21N5O/c1-2-4-10-14-11(16-15-10)12(18)17-6-3-5-9(7-13)8-17/h9H,2-8,13H2,1H3,(H,14,15,16). The number of carbonyl (C=O) groups excluding carboxylic acids is 1. The molecular weight excluding hydrogens is 230 g/mol. The van der Waals surface area contributed by atoms with Crippen LogP contribution in [0.2, 0.25) is 0 Å². The van der Waals surface area contributed by atoms with Crippen molar-refractivity contribution in [1.82, 2.24) is 20.1 Å². The maximum Gasteiger partial charge on any atom is 0.293 e. The molecule has 0 bridgehead atoms. The average Bonchev–Trinajstić information content (AvgIpc) is 2.87. The molecule has 0 aliphatic carbocycles. The molecule has 1 aromatic rings. The number of nitrogens with one attached hydrogen (secondary N) is 1. The summed E-state index contributed by atoms with van der Waals surface area (Å²) >= 11 is 0. The second-order valence-electron chi connectivity index (χ2n) is 4.85. The van der Waals surface area contributed by atoms with Crippen molar-refractivity contribution in [2.45, 2.75) is 32.6 Å². The van der Waals surface area contributed by atoms with Crippen LogP contribution in [-0.4, -0.2) is 45.6 Å². The fourth-order valence-electron chi connectivity index (χ4n) is 2.32. The molecule has 0 radical (unpaired) electrons. The Morgan fingerprint density at radius 3 is 3.17 bits per heavy atom. The molecule has 3 N–H and O–H groups in total. The average molecular weight is 251 g/mol. The van der Waals surface area contributed by atoms with Crippen LogP contribution in [-0.2, 0) is 6.42 Å². The number of carbonyl (C=O) groups is 1. The number of amides is 1. The van der Waals surface area contributed by atoms with Gasteiger partial charge in [0.25, 0.3) is 5.91 Å². The van der Waals surface area contributed by atoms with Gasteiger partial charge in [0.1, 0.15) is 5.82 Å². The number of H-pyrrole nitrogens is 1. The Morgan fingerprint density at radius 2 is 2.44 bits per heavy atom. The number of rotatable bonds is 4. The predicted octanol–water partition coefficient (Wildman–Crippen LogP) is 0.568. The van der Waals surface area contributed by atoms with Gasteiger partial charge >= 0.3 is 0 Å². The quantitative estimate of drug-likeness (QED) is 0.818. The van der Waals surface area contributed by atoms with Gasteiger partial charge in [-0.1, -0.05) is 6.92 Å². The van der Waals surface area contributed by atoms with E-state index >= 15 is 0 Å². The minimum absolute atomic E-state index is 0.0771. The highest BCUT2D eigenvalue weighted by Crippen LogP contribution is 2.16. The number of piperidine rings is 1. The van der Waals surface area contributed by atoms with Crippen molar-refractivity contribution in [2.24, 2.45) is 11.7 Å². The summed E-state index contributed by atoms with van der Waals surface area (Å²) in [6.45, 7) is 4.22. The molecule has 100 valence electrons. The highest BCUT2D eigenvalue weighted by Gasteiger charge is 2.25. The first-order valence-corrected chi connectivity index (χ1v) is 6.65. The molecule has 2 rings (SSSR count). The number of hydrogen-bond donors (Lipinski definition) is 2. The normalized spacial score (nSPS) is 20.1. The third-order valence-corrected chi connectivity index (χ3v) is 3.35. The van der Waals surface area contributed by atoms with Crippen LogP contribution in [0.5, 0.6) is 0 Å². The molecule has 1 aliphatic heterocycles. The maximum absolute atomic E-state index is 12.2. The van der Waals surface area contributed by atoms with Crippen LogP contribution in [0.4, 0.5) is 0 Å². The third kappa shape index (κ3) is 2.87. The van der Waals surface area contributed by atoms with Gasteiger partial charge in [-0.05, 0) is 31.7 Å². The topological polar surface area (TPSA) is 87.9 Å². The Balaban J connectivity index is 2.00. The number of nitrogens with two attached hydrogens (primary N) is 1. The Kier molecular flexibility index (Phi) is 4.30. The van der Waals surface area contributed by atoms with Crippen LogP contribution in [0.25, 0.3) is 0 Å². The molecule has 6 nitrogen and oxygen atoms in total. The SMILES string of the molecule is CCCc1nc(C(=O)N2CCCC(CN)C2)n[nH]1. The minimum Gasteiger partial charge on any atom is -0.336 e. The molecule has 0 aromatic carbocycles.